The van der Waals surface area contributed by atoms with Crippen molar-refractivity contribution in [3.05, 3.63) is 40.2 Å². The van der Waals surface area contributed by atoms with Crippen molar-refractivity contribution >= 4 is 33.1 Å². The maximum Gasteiger partial charge on any atom is 0.168 e. The van der Waals surface area contributed by atoms with Crippen LogP contribution in [-0.2, 0) is 0 Å². The van der Waals surface area contributed by atoms with Gasteiger partial charge in [0.2, 0.25) is 0 Å². The van der Waals surface area contributed by atoms with Crippen LogP contribution in [0.15, 0.2) is 28.7 Å². The lowest BCUT2D eigenvalue weighted by Crippen LogP contribution is -1.90. The first kappa shape index (κ1) is 9.27. The van der Waals surface area contributed by atoms with E-state index in [0.29, 0.717) is 16.1 Å². The quantitative estimate of drug-likeness (QED) is 0.732. The highest BCUT2D eigenvalue weighted by atomic mass is 79.9. The number of hydrogen-bond acceptors (Lipinski definition) is 2. The summed E-state index contributed by atoms with van der Waals surface area (Å²) in [5, 5.41) is 0.669. The van der Waals surface area contributed by atoms with Crippen molar-refractivity contribution in [1.29, 1.82) is 0 Å². The van der Waals surface area contributed by atoms with Gasteiger partial charge in [0.15, 0.2) is 12.1 Å². The molecule has 0 saturated heterocycles. The fourth-order valence-corrected chi connectivity index (χ4v) is 1.69. The minimum atomic E-state index is -0.432. The third-order valence-electron chi connectivity index (χ3n) is 1.85. The summed E-state index contributed by atoms with van der Waals surface area (Å²) in [6.07, 6.45) is 0.598. The van der Waals surface area contributed by atoms with Crippen molar-refractivity contribution in [2.24, 2.45) is 0 Å². The Morgan fingerprint density at radius 2 is 2.14 bits per heavy atom. The molecule has 0 spiro atoms. The average Bonchev–Trinajstić information content (AvgIpc) is 2.17. The summed E-state index contributed by atoms with van der Waals surface area (Å²) in [5.74, 6) is -0.432. The van der Waals surface area contributed by atoms with Gasteiger partial charge in [-0.05, 0) is 18.2 Å². The average molecular weight is 254 g/mol. The molecule has 2 aromatic rings. The molecule has 14 heavy (non-hydrogen) atoms. The molecule has 2 rings (SSSR count). The number of rotatable bonds is 1. The highest BCUT2D eigenvalue weighted by Crippen LogP contribution is 2.21. The number of hydrogen-bond donors (Lipinski definition) is 0. The molecule has 0 N–H and O–H groups in total. The van der Waals surface area contributed by atoms with Crippen LogP contribution in [0.1, 0.15) is 10.5 Å². The molecule has 0 amide bonds. The minimum Gasteiger partial charge on any atom is -0.296 e. The second-order valence-electron chi connectivity index (χ2n) is 2.81. The van der Waals surface area contributed by atoms with E-state index in [9.17, 15) is 9.18 Å². The zero-order valence-electron chi connectivity index (χ0n) is 7.00. The Bertz CT molecular complexity index is 513. The molecule has 0 bridgehead atoms. The van der Waals surface area contributed by atoms with Crippen LogP contribution in [0.25, 0.3) is 10.9 Å². The van der Waals surface area contributed by atoms with Gasteiger partial charge < -0.3 is 0 Å². The van der Waals surface area contributed by atoms with Crippen LogP contribution < -0.4 is 0 Å². The number of nitrogens with zero attached hydrogens (tertiary/aromatic N) is 1. The van der Waals surface area contributed by atoms with Gasteiger partial charge in [0.05, 0.1) is 0 Å². The van der Waals surface area contributed by atoms with Gasteiger partial charge in [-0.15, -0.1) is 0 Å². The van der Waals surface area contributed by atoms with Gasteiger partial charge in [-0.1, -0.05) is 22.0 Å². The first-order chi connectivity index (χ1) is 6.70. The molecule has 1 heterocycles. The van der Waals surface area contributed by atoms with Gasteiger partial charge in [0.1, 0.15) is 11.2 Å². The van der Waals surface area contributed by atoms with Crippen molar-refractivity contribution < 1.29 is 9.18 Å². The highest BCUT2D eigenvalue weighted by Gasteiger charge is 2.04. The molecule has 1 aromatic heterocycles. The van der Waals surface area contributed by atoms with Gasteiger partial charge in [-0.2, -0.15) is 0 Å². The predicted octanol–water partition coefficient (Wildman–Crippen LogP) is 2.95. The van der Waals surface area contributed by atoms with E-state index in [-0.39, 0.29) is 11.2 Å². The summed E-state index contributed by atoms with van der Waals surface area (Å²) in [4.78, 5) is 14.3. The molecule has 0 saturated carbocycles. The van der Waals surface area contributed by atoms with Crippen molar-refractivity contribution in [1.82, 2.24) is 4.98 Å². The summed E-state index contributed by atoms with van der Waals surface area (Å²) >= 11 is 3.18. The lowest BCUT2D eigenvalue weighted by molar-refractivity contribution is 0.111. The van der Waals surface area contributed by atoms with E-state index in [1.54, 1.807) is 18.2 Å². The maximum absolute atomic E-state index is 13.4. The summed E-state index contributed by atoms with van der Waals surface area (Å²) in [5.41, 5.74) is 0.455. The van der Waals surface area contributed by atoms with E-state index in [1.165, 1.54) is 6.07 Å². The van der Waals surface area contributed by atoms with Crippen molar-refractivity contribution in [2.75, 3.05) is 0 Å². The van der Waals surface area contributed by atoms with E-state index >= 15 is 0 Å². The fourth-order valence-electron chi connectivity index (χ4n) is 1.24. The number of aldehydes is 1. The Balaban J connectivity index is 2.81. The first-order valence-electron chi connectivity index (χ1n) is 3.91. The van der Waals surface area contributed by atoms with Gasteiger partial charge in [-0.25, -0.2) is 9.37 Å². The Morgan fingerprint density at radius 1 is 1.36 bits per heavy atom. The summed E-state index contributed by atoms with van der Waals surface area (Å²) in [6, 6.07) is 6.30. The molecule has 1 aromatic carbocycles. The maximum atomic E-state index is 13.4. The smallest absolute Gasteiger partial charge is 0.168 e. The van der Waals surface area contributed by atoms with Crippen LogP contribution in [-0.4, -0.2) is 11.3 Å². The molecule has 0 atom stereocenters. The molecule has 0 unspecified atom stereocenters. The molecule has 0 fully saturated rings. The standard InChI is InChI=1S/C10H5BrFNO/c11-7-3-6-1-2-8(5-14)13-10(6)9(12)4-7/h1-5H. The molecule has 0 aliphatic heterocycles. The Morgan fingerprint density at radius 3 is 2.86 bits per heavy atom. The van der Waals surface area contributed by atoms with Crippen LogP contribution in [0.5, 0.6) is 0 Å². The summed E-state index contributed by atoms with van der Waals surface area (Å²) < 4.78 is 14.0. The molecule has 2 nitrogen and oxygen atoms in total. The van der Waals surface area contributed by atoms with Crippen molar-refractivity contribution in [3.63, 3.8) is 0 Å². The SMILES string of the molecule is O=Cc1ccc2cc(Br)cc(F)c2n1. The lowest BCUT2D eigenvalue weighted by Gasteiger charge is -2.00. The minimum absolute atomic E-state index is 0.220. The molecule has 4 heteroatoms. The third kappa shape index (κ3) is 1.53. The molecule has 0 aliphatic rings. The number of benzene rings is 1. The topological polar surface area (TPSA) is 30.0 Å². The Labute approximate surface area is 87.9 Å². The van der Waals surface area contributed by atoms with Crippen molar-refractivity contribution in [2.45, 2.75) is 0 Å². The van der Waals surface area contributed by atoms with E-state index in [2.05, 4.69) is 20.9 Å². The normalized spacial score (nSPS) is 10.4. The van der Waals surface area contributed by atoms with E-state index in [0.717, 1.165) is 0 Å². The number of aromatic nitrogens is 1. The third-order valence-corrected chi connectivity index (χ3v) is 2.31. The number of halogens is 2. The number of carbonyl (C=O) groups excluding carboxylic acids is 1. The van der Waals surface area contributed by atoms with E-state index < -0.39 is 5.82 Å². The highest BCUT2D eigenvalue weighted by molar-refractivity contribution is 9.10. The second-order valence-corrected chi connectivity index (χ2v) is 3.73. The van der Waals surface area contributed by atoms with E-state index in [1.807, 2.05) is 0 Å². The van der Waals surface area contributed by atoms with Crippen molar-refractivity contribution in [3.8, 4) is 0 Å². The molecule has 0 radical (unpaired) electrons. The van der Waals surface area contributed by atoms with E-state index in [4.69, 9.17) is 0 Å². The Kier molecular flexibility index (Phi) is 2.29. The zero-order chi connectivity index (χ0) is 10.1. The number of carbonyl (C=O) groups is 1. The van der Waals surface area contributed by atoms with Crippen LogP contribution in [0.3, 0.4) is 0 Å². The molecular weight excluding hydrogens is 249 g/mol. The number of pyridine rings is 1. The second kappa shape index (κ2) is 3.46. The lowest BCUT2D eigenvalue weighted by atomic mass is 10.2. The fraction of sp³-hybridized carbons (Fsp3) is 0. The van der Waals surface area contributed by atoms with Gasteiger partial charge in [0, 0.05) is 9.86 Å². The zero-order valence-corrected chi connectivity index (χ0v) is 8.58. The summed E-state index contributed by atoms with van der Waals surface area (Å²) in [7, 11) is 0. The molecular formula is C10H5BrFNO. The molecule has 0 aliphatic carbocycles. The monoisotopic (exact) mass is 253 g/mol. The first-order valence-corrected chi connectivity index (χ1v) is 4.71. The number of fused-ring (bicyclic) bond motifs is 1. The Hall–Kier alpha value is -1.29. The van der Waals surface area contributed by atoms with Crippen LogP contribution in [0, 0.1) is 5.82 Å². The predicted molar refractivity (Wildman–Crippen MR) is 54.8 cm³/mol. The summed E-state index contributed by atoms with van der Waals surface area (Å²) in [6.45, 7) is 0. The van der Waals surface area contributed by atoms with Gasteiger partial charge >= 0.3 is 0 Å². The van der Waals surface area contributed by atoms with Crippen LogP contribution >= 0.6 is 15.9 Å². The van der Waals surface area contributed by atoms with Crippen LogP contribution in [0.2, 0.25) is 0 Å². The van der Waals surface area contributed by atoms with Crippen LogP contribution in [0.4, 0.5) is 4.39 Å². The van der Waals surface area contributed by atoms with Gasteiger partial charge in [-0.3, -0.25) is 4.79 Å². The van der Waals surface area contributed by atoms with Gasteiger partial charge in [0.25, 0.3) is 0 Å². The molecule has 70 valence electrons. The largest absolute Gasteiger partial charge is 0.296 e.